The Bertz CT molecular complexity index is 1590. The third-order valence-corrected chi connectivity index (χ3v) is 8.96. The Balaban J connectivity index is 1.11. The summed E-state index contributed by atoms with van der Waals surface area (Å²) in [7, 11) is 0. The number of thioether (sulfide) groups is 1. The molecule has 13 heteroatoms. The number of amides is 2. The van der Waals surface area contributed by atoms with Crippen molar-refractivity contribution in [2.24, 2.45) is 0 Å². The Hall–Kier alpha value is -4.46. The third kappa shape index (κ3) is 7.36. The van der Waals surface area contributed by atoms with Gasteiger partial charge in [-0.2, -0.15) is 0 Å². The van der Waals surface area contributed by atoms with Crippen LogP contribution in [0.25, 0.3) is 0 Å². The minimum atomic E-state index is -0.794. The van der Waals surface area contributed by atoms with Crippen LogP contribution in [0.2, 0.25) is 0 Å². The van der Waals surface area contributed by atoms with Gasteiger partial charge < -0.3 is 9.64 Å². The molecule has 0 spiro atoms. The maximum atomic E-state index is 13.2. The lowest BCUT2D eigenvalue weighted by Gasteiger charge is -2.36. The third-order valence-electron chi connectivity index (χ3n) is 7.30. The number of ketones is 1. The molecule has 1 atom stereocenters. The first-order chi connectivity index (χ1) is 21.2. The van der Waals surface area contributed by atoms with Crippen LogP contribution in [0.15, 0.2) is 78.9 Å². The van der Waals surface area contributed by atoms with Crippen molar-refractivity contribution >= 4 is 63.2 Å². The van der Waals surface area contributed by atoms with E-state index in [1.807, 2.05) is 18.2 Å². The number of carbonyl (C=O) groups excluding carboxylic acids is 4. The minimum Gasteiger partial charge on any atom is -0.454 e. The molecule has 2 amide bonds. The fraction of sp³-hybridized carbons (Fsp3) is 0.258. The van der Waals surface area contributed by atoms with Crippen LogP contribution in [-0.4, -0.2) is 80.6 Å². The molecule has 2 fully saturated rings. The zero-order chi connectivity index (χ0) is 31.2. The van der Waals surface area contributed by atoms with Crippen LogP contribution >= 0.6 is 24.0 Å². The van der Waals surface area contributed by atoms with E-state index in [-0.39, 0.29) is 35.0 Å². The summed E-state index contributed by atoms with van der Waals surface area (Å²) in [5.74, 6) is -2.12. The second-order valence-electron chi connectivity index (χ2n) is 10.2. The van der Waals surface area contributed by atoms with Gasteiger partial charge >= 0.3 is 5.97 Å². The lowest BCUT2D eigenvalue weighted by atomic mass is 10.1. The van der Waals surface area contributed by atoms with Gasteiger partial charge in [0.15, 0.2) is 6.61 Å². The molecule has 2 aliphatic heterocycles. The van der Waals surface area contributed by atoms with Crippen LogP contribution in [0, 0.1) is 10.1 Å². The van der Waals surface area contributed by atoms with Crippen molar-refractivity contribution in [3.8, 4) is 0 Å². The average molecular weight is 633 g/mol. The first kappa shape index (κ1) is 31.0. The van der Waals surface area contributed by atoms with E-state index in [1.54, 1.807) is 0 Å². The molecule has 11 nitrogen and oxygen atoms in total. The van der Waals surface area contributed by atoms with Gasteiger partial charge in [-0.25, -0.2) is 9.69 Å². The number of imide groups is 1. The molecule has 0 aromatic heterocycles. The highest BCUT2D eigenvalue weighted by atomic mass is 32.2. The van der Waals surface area contributed by atoms with E-state index >= 15 is 0 Å². The molecule has 2 aliphatic rings. The molecular formula is C31H28N4O7S2. The van der Waals surface area contributed by atoms with Crippen molar-refractivity contribution in [3.05, 3.63) is 106 Å². The molecule has 44 heavy (non-hydrogen) atoms. The van der Waals surface area contributed by atoms with Crippen molar-refractivity contribution in [1.82, 2.24) is 9.80 Å². The van der Waals surface area contributed by atoms with E-state index < -0.39 is 28.5 Å². The van der Waals surface area contributed by atoms with Crippen molar-refractivity contribution < 1.29 is 28.8 Å². The van der Waals surface area contributed by atoms with E-state index in [9.17, 15) is 29.3 Å². The lowest BCUT2D eigenvalue weighted by Crippen LogP contribution is -2.47. The van der Waals surface area contributed by atoms with E-state index in [2.05, 4.69) is 21.9 Å². The fourth-order valence-electron chi connectivity index (χ4n) is 4.93. The highest BCUT2D eigenvalue weighted by Crippen LogP contribution is 2.32. The van der Waals surface area contributed by atoms with Gasteiger partial charge in [0.2, 0.25) is 17.6 Å². The topological polar surface area (TPSA) is 130 Å². The number of hydrogen-bond acceptors (Lipinski definition) is 10. The number of esters is 1. The molecule has 2 saturated heterocycles. The van der Waals surface area contributed by atoms with E-state index in [0.717, 1.165) is 43.7 Å². The van der Waals surface area contributed by atoms with Gasteiger partial charge in [-0.1, -0.05) is 66.4 Å². The highest BCUT2D eigenvalue weighted by molar-refractivity contribution is 8.23. The number of ether oxygens (including phenoxy) is 1. The van der Waals surface area contributed by atoms with E-state index in [4.69, 9.17) is 17.0 Å². The lowest BCUT2D eigenvalue weighted by molar-refractivity contribution is -0.384. The average Bonchev–Trinajstić information content (AvgIpc) is 3.32. The summed E-state index contributed by atoms with van der Waals surface area (Å²) in [6.45, 7) is 3.44. The van der Waals surface area contributed by atoms with Gasteiger partial charge in [0.05, 0.1) is 16.2 Å². The summed E-state index contributed by atoms with van der Waals surface area (Å²) in [6.07, 6.45) is 0.0150. The van der Waals surface area contributed by atoms with Crippen LogP contribution in [0.1, 0.15) is 32.7 Å². The SMILES string of the molecule is O=C(COC(=O)c1ccc(N2C(=O)CC(SC(=S)N3CCN(Cc4ccccc4)CC3)C2=O)cc1)c1cccc([N+](=O)[O-])c1. The Morgan fingerprint density at radius 3 is 2.32 bits per heavy atom. The van der Waals surface area contributed by atoms with Crippen molar-refractivity contribution in [3.63, 3.8) is 0 Å². The molecule has 226 valence electrons. The first-order valence-electron chi connectivity index (χ1n) is 13.8. The fourth-order valence-corrected chi connectivity index (χ4v) is 6.47. The molecular weight excluding hydrogens is 604 g/mol. The van der Waals surface area contributed by atoms with Gasteiger partial charge in [0.25, 0.3) is 5.69 Å². The second kappa shape index (κ2) is 13.9. The van der Waals surface area contributed by atoms with Crippen molar-refractivity contribution in [2.45, 2.75) is 18.2 Å². The summed E-state index contributed by atoms with van der Waals surface area (Å²) < 4.78 is 5.67. The molecule has 0 N–H and O–H groups in total. The number of nitrogens with zero attached hydrogens (tertiary/aromatic N) is 4. The highest BCUT2D eigenvalue weighted by Gasteiger charge is 2.41. The zero-order valence-corrected chi connectivity index (χ0v) is 25.1. The molecule has 3 aromatic carbocycles. The summed E-state index contributed by atoms with van der Waals surface area (Å²) in [6, 6.07) is 21.1. The number of benzene rings is 3. The van der Waals surface area contributed by atoms with Gasteiger partial charge in [0, 0.05) is 56.8 Å². The molecule has 0 radical (unpaired) electrons. The largest absolute Gasteiger partial charge is 0.454 e. The molecule has 0 aliphatic carbocycles. The monoisotopic (exact) mass is 632 g/mol. The molecule has 5 rings (SSSR count). The van der Waals surface area contributed by atoms with Gasteiger partial charge in [0.1, 0.15) is 9.57 Å². The molecule has 0 bridgehead atoms. The number of nitro benzene ring substituents is 1. The predicted molar refractivity (Wildman–Crippen MR) is 169 cm³/mol. The number of nitro groups is 1. The number of non-ortho nitro benzene ring substituents is 1. The quantitative estimate of drug-likeness (QED) is 0.0844. The standard InChI is InChI=1S/C31H28N4O7S2/c36-26(23-7-4-8-25(17-23)35(40)41)20-42-30(39)22-9-11-24(12-10-22)34-28(37)18-27(29(34)38)44-31(43)33-15-13-32(14-16-33)19-21-5-2-1-3-6-21/h1-12,17,27H,13-16,18-20H2. The predicted octanol–water partition coefficient (Wildman–Crippen LogP) is 4.10. The second-order valence-corrected chi connectivity index (χ2v) is 12.1. The van der Waals surface area contributed by atoms with Crippen LogP contribution < -0.4 is 4.90 Å². The van der Waals surface area contributed by atoms with Crippen LogP contribution in [0.4, 0.5) is 11.4 Å². The minimum absolute atomic E-state index is 0.0150. The van der Waals surface area contributed by atoms with E-state index in [0.29, 0.717) is 10.0 Å². The summed E-state index contributed by atoms with van der Waals surface area (Å²) in [5, 5.41) is 10.3. The number of piperazine rings is 1. The maximum Gasteiger partial charge on any atom is 0.338 e. The number of thiocarbonyl (C=S) groups is 1. The van der Waals surface area contributed by atoms with E-state index in [1.165, 1.54) is 59.8 Å². The summed E-state index contributed by atoms with van der Waals surface area (Å²) in [4.78, 5) is 66.7. The molecule has 0 saturated carbocycles. The van der Waals surface area contributed by atoms with Crippen LogP contribution in [0.5, 0.6) is 0 Å². The van der Waals surface area contributed by atoms with Crippen molar-refractivity contribution in [2.75, 3.05) is 37.7 Å². The number of Topliss-reactive ketones (excluding diaryl/α,β-unsaturated/α-hetero) is 1. The number of carbonyl (C=O) groups is 4. The van der Waals surface area contributed by atoms with Gasteiger partial charge in [-0.15, -0.1) is 0 Å². The van der Waals surface area contributed by atoms with Crippen LogP contribution in [-0.2, 0) is 20.9 Å². The molecule has 1 unspecified atom stereocenters. The maximum absolute atomic E-state index is 13.2. The number of rotatable bonds is 9. The smallest absolute Gasteiger partial charge is 0.338 e. The molecule has 2 heterocycles. The Morgan fingerprint density at radius 1 is 0.932 bits per heavy atom. The van der Waals surface area contributed by atoms with Crippen LogP contribution in [0.3, 0.4) is 0 Å². The Morgan fingerprint density at radius 2 is 1.64 bits per heavy atom. The number of hydrogen-bond donors (Lipinski definition) is 0. The number of anilines is 1. The van der Waals surface area contributed by atoms with Gasteiger partial charge in [-0.05, 0) is 29.8 Å². The zero-order valence-electron chi connectivity index (χ0n) is 23.5. The summed E-state index contributed by atoms with van der Waals surface area (Å²) >= 11 is 6.88. The summed E-state index contributed by atoms with van der Waals surface area (Å²) in [5.41, 5.74) is 1.48. The van der Waals surface area contributed by atoms with Crippen molar-refractivity contribution in [1.29, 1.82) is 0 Å². The Labute approximate surface area is 262 Å². The normalized spacial score (nSPS) is 17.0. The van der Waals surface area contributed by atoms with Gasteiger partial charge in [-0.3, -0.25) is 29.4 Å². The molecule has 3 aromatic rings. The Kier molecular flexibility index (Phi) is 9.78. The first-order valence-corrected chi connectivity index (χ1v) is 15.1.